The number of allylic oxidation sites excluding steroid dienone is 7. The number of nitrogens with one attached hydrogen (secondary N) is 1. The summed E-state index contributed by atoms with van der Waals surface area (Å²) in [6.45, 7) is 0.889. The van der Waals surface area contributed by atoms with E-state index in [9.17, 15) is 0 Å². The van der Waals surface area contributed by atoms with Gasteiger partial charge in [-0.2, -0.15) is 11.3 Å². The fourth-order valence-electron chi connectivity index (χ4n) is 8.77. The zero-order chi connectivity index (χ0) is 91.3. The topological polar surface area (TPSA) is 311 Å². The van der Waals surface area contributed by atoms with E-state index >= 15 is 0 Å². The van der Waals surface area contributed by atoms with E-state index in [0.717, 1.165) is 48.9 Å². The van der Waals surface area contributed by atoms with Gasteiger partial charge in [0.05, 0.1) is 60.0 Å². The van der Waals surface area contributed by atoms with Crippen molar-refractivity contribution in [3.8, 4) is 0 Å². The molecule has 0 saturated carbocycles. The highest BCUT2D eigenvalue weighted by Gasteiger charge is 2.03. The van der Waals surface area contributed by atoms with Crippen molar-refractivity contribution in [1.82, 2.24) is 89.3 Å². The average Bonchev–Trinajstić information content (AvgIpc) is 1.84. The van der Waals surface area contributed by atoms with E-state index in [1.54, 1.807) is 254 Å². The van der Waals surface area contributed by atoms with Gasteiger partial charge in [-0.25, -0.2) is 44.2 Å². The van der Waals surface area contributed by atoms with Gasteiger partial charge in [0.1, 0.15) is 31.5 Å². The summed E-state index contributed by atoms with van der Waals surface area (Å²) >= 11 is 10.2. The molecule has 20 heterocycles. The van der Waals surface area contributed by atoms with E-state index in [0.29, 0.717) is 0 Å². The minimum absolute atomic E-state index is 0.889. The number of aromatic nitrogens is 18. The predicted octanol–water partition coefficient (Wildman–Crippen LogP) is 25.9. The van der Waals surface area contributed by atoms with E-state index < -0.39 is 0 Å². The second kappa shape index (κ2) is 79.9. The number of aromatic amines is 1. The molecule has 0 amide bonds. The van der Waals surface area contributed by atoms with E-state index in [-0.39, 0.29) is 0 Å². The molecule has 0 atom stereocenters. The Kier molecular flexibility index (Phi) is 63.3. The normalized spacial score (nSPS) is 10.4. The van der Waals surface area contributed by atoms with Crippen molar-refractivity contribution in [2.45, 2.75) is 25.7 Å². The van der Waals surface area contributed by atoms with Crippen molar-refractivity contribution >= 4 is 129 Å². The maximum Gasteiger partial charge on any atom is 0.180 e. The van der Waals surface area contributed by atoms with Crippen LogP contribution in [0.1, 0.15) is 29.5 Å². The zero-order valence-corrected chi connectivity index (χ0v) is 76.2. The lowest BCUT2D eigenvalue weighted by Gasteiger charge is -1.93. The second-order valence-electron chi connectivity index (χ2n) is 23.7. The summed E-state index contributed by atoms with van der Waals surface area (Å²) in [5.41, 5.74) is 9.01. The van der Waals surface area contributed by atoms with Crippen LogP contribution in [0.2, 0.25) is 0 Å². The van der Waals surface area contributed by atoms with Crippen molar-refractivity contribution < 1.29 is 13.4 Å². The lowest BCUT2D eigenvalue weighted by atomic mass is 10.1. The van der Waals surface area contributed by atoms with Crippen molar-refractivity contribution in [3.63, 3.8) is 0 Å². The third kappa shape index (κ3) is 59.6. The molecule has 21 aromatic rings. The van der Waals surface area contributed by atoms with E-state index in [1.165, 1.54) is 85.6 Å². The third-order valence-corrected chi connectivity index (χ3v) is 18.9. The molecule has 0 unspecified atom stereocenters. The fourth-order valence-corrected chi connectivity index (χ4v) is 12.5. The fraction of sp³-hybridized carbons (Fsp3) is 0.0495. The van der Waals surface area contributed by atoms with Crippen molar-refractivity contribution in [2.24, 2.45) is 15.0 Å². The molecule has 0 bridgehead atoms. The minimum Gasteiger partial charge on any atom is -0.473 e. The van der Waals surface area contributed by atoms with E-state index in [4.69, 9.17) is 0 Å². The number of thiophene rings is 4. The first-order chi connectivity index (χ1) is 65.3. The van der Waals surface area contributed by atoms with Gasteiger partial charge in [-0.05, 0) is 189 Å². The zero-order valence-electron chi connectivity index (χ0n) is 71.3. The van der Waals surface area contributed by atoms with Gasteiger partial charge in [0.25, 0.3) is 0 Å². The van der Waals surface area contributed by atoms with Crippen molar-refractivity contribution in [1.29, 1.82) is 0 Å². The summed E-state index contributed by atoms with van der Waals surface area (Å²) in [6, 6.07) is 67.5. The maximum absolute atomic E-state index is 4.58. The molecule has 26 rings (SSSR count). The SMILES string of the molecule is C1=CCC=C1.C1=CCN=C1.C1=CN=CC1.C1=Cc2ccccc2C1.C1=Nc2ccccc2C1.c1c[nH]cn1.c1cc2sccc2s1.c1ccc2nccnc2c1.c1ccc2sccc2c1.c1ccncc1.c1ccncc1.c1ccoc1.c1ccsc1.c1cnccn1.c1cncnc1.c1cncnc1.c1cncnc1.c1cnoc1.c1cnsc1.c1cocn1.c1cscn1. The Balaban J connectivity index is 0.000000213. The summed E-state index contributed by atoms with van der Waals surface area (Å²) in [7, 11) is 0. The molecule has 3 aliphatic heterocycles. The van der Waals surface area contributed by atoms with Gasteiger partial charge in [0.2, 0.25) is 0 Å². The summed E-state index contributed by atoms with van der Waals surface area (Å²) in [4.78, 5) is 70.8. The number of aliphatic imine (C=N–C) groups is 3. The smallest absolute Gasteiger partial charge is 0.180 e. The molecule has 0 saturated heterocycles. The molecule has 4 aromatic carbocycles. The molecule has 30 heteroatoms. The molecule has 17 aromatic heterocycles. The molecule has 0 radical (unpaired) electrons. The number of H-pyrrole nitrogens is 1. The van der Waals surface area contributed by atoms with Crippen molar-refractivity contribution in [2.75, 3.05) is 6.54 Å². The number of rotatable bonds is 0. The number of imidazole rings is 1. The summed E-state index contributed by atoms with van der Waals surface area (Å²) in [5, 5.41) is 19.0. The number of fused-ring (bicyclic) bond motifs is 5. The monoisotopic (exact) mass is 1840 g/mol. The van der Waals surface area contributed by atoms with Gasteiger partial charge in [-0.15, -0.1) is 45.3 Å². The number of furan rings is 1. The number of hydrogen-bond donors (Lipinski definition) is 1. The van der Waals surface area contributed by atoms with Crippen LogP contribution in [0.15, 0.2) is 526 Å². The molecule has 660 valence electrons. The van der Waals surface area contributed by atoms with Crippen molar-refractivity contribution in [3.05, 3.63) is 514 Å². The highest BCUT2D eigenvalue weighted by Crippen LogP contribution is 2.26. The van der Waals surface area contributed by atoms with Gasteiger partial charge >= 0.3 is 0 Å². The Hall–Kier alpha value is -16.0. The molecule has 2 aliphatic carbocycles. The van der Waals surface area contributed by atoms with Gasteiger partial charge in [0, 0.05) is 186 Å². The van der Waals surface area contributed by atoms with Crippen LogP contribution < -0.4 is 0 Å². The van der Waals surface area contributed by atoms with Gasteiger partial charge < -0.3 is 18.3 Å². The molecule has 131 heavy (non-hydrogen) atoms. The van der Waals surface area contributed by atoms with Crippen LogP contribution in [0.4, 0.5) is 5.69 Å². The molecular formula is C101H97N21O3S6. The summed E-state index contributed by atoms with van der Waals surface area (Å²) < 4.78 is 21.3. The molecule has 0 fully saturated rings. The Bertz CT molecular complexity index is 4980. The highest BCUT2D eigenvalue weighted by molar-refractivity contribution is 7.25. The maximum atomic E-state index is 4.58. The number of pyridine rings is 2. The number of benzene rings is 4. The molecule has 0 spiro atoms. The number of oxazole rings is 1. The summed E-state index contributed by atoms with van der Waals surface area (Å²) in [5.74, 6) is 0. The van der Waals surface area contributed by atoms with Crippen LogP contribution in [-0.2, 0) is 12.8 Å². The van der Waals surface area contributed by atoms with Crippen LogP contribution in [0.5, 0.6) is 0 Å². The first kappa shape index (κ1) is 104. The van der Waals surface area contributed by atoms with Crippen LogP contribution in [-0.4, -0.2) is 114 Å². The van der Waals surface area contributed by atoms with Crippen LogP contribution in [0.25, 0.3) is 36.6 Å². The van der Waals surface area contributed by atoms with Gasteiger partial charge in [-0.3, -0.25) is 49.9 Å². The Morgan fingerprint density at radius 2 is 0.947 bits per heavy atom. The number of thiazole rings is 1. The quantitative estimate of drug-likeness (QED) is 0.147. The van der Waals surface area contributed by atoms with Crippen LogP contribution >= 0.6 is 68.2 Å². The third-order valence-electron chi connectivity index (χ3n) is 14.5. The Morgan fingerprint density at radius 3 is 1.29 bits per heavy atom. The largest absolute Gasteiger partial charge is 0.473 e. The van der Waals surface area contributed by atoms with Crippen LogP contribution in [0.3, 0.4) is 0 Å². The number of hydrogen-bond acceptors (Lipinski definition) is 29. The molecule has 24 nitrogen and oxygen atoms in total. The Labute approximate surface area is 787 Å². The highest BCUT2D eigenvalue weighted by atomic mass is 32.1. The molecule has 1 N–H and O–H groups in total. The first-order valence-electron chi connectivity index (χ1n) is 40.0. The number of nitrogens with zero attached hydrogens (tertiary/aromatic N) is 20. The number of para-hydroxylation sites is 3. The second-order valence-corrected chi connectivity index (χ2v) is 28.8. The van der Waals surface area contributed by atoms with E-state index in [1.807, 2.05) is 161 Å². The molecule has 5 aliphatic rings. The van der Waals surface area contributed by atoms with Gasteiger partial charge in [0.15, 0.2) is 6.39 Å². The van der Waals surface area contributed by atoms with Crippen LogP contribution in [0, 0.1) is 0 Å². The predicted molar refractivity (Wildman–Crippen MR) is 542 cm³/mol. The molecular weight excluding hydrogens is 1750 g/mol. The van der Waals surface area contributed by atoms with E-state index in [2.05, 4.69) is 243 Å². The van der Waals surface area contributed by atoms with Gasteiger partial charge in [-0.1, -0.05) is 151 Å². The summed E-state index contributed by atoms with van der Waals surface area (Å²) in [6.07, 6.45) is 81.5. The standard InChI is InChI=1S/C9H8.C8H6N2.C8H7N.C8H6S.C6H4S2.2C5H5N.C5H6.4C4H4N2.2C4H5N.C4H4O.C4H4S.C3H4N2.2C3H3NO.2C3H3NS/c1-2-5-9-7-3-6-8(9)4-1;1-2-4-8-7(3-1)9-5-6-10-8;2*1-2-4-8-7(3-1)5-6-9-8;1-3-7-6-2-4-8-5(1)6;2*1-2-4-6-5-3-1;1-2-4-5-3-1;1-2-6-4-3-5-1;3*1-2-5-4-6-3-1;4*1-2-4-5-3-1;2*1-2-5-3-4-1;1-2-4-5-3-1;1-2-5-3-4-1;1-2-4-5-3-1/h1-6H,7H2;1-6H;1-4,6H,5H2;1-6H;1-4H;2*1-5H;1-4H,5H2;4*1-4H;1,3-4H,2H2;1-3H,4H2;2*1-4H;1-3H,(H,4,5);4*1-3H. The average molecular weight is 1850 g/mol. The lowest BCUT2D eigenvalue weighted by Crippen LogP contribution is -1.78. The minimum atomic E-state index is 0.889. The Morgan fingerprint density at radius 1 is 0.344 bits per heavy atom. The lowest BCUT2D eigenvalue weighted by molar-refractivity contribution is 0.420. The first-order valence-corrected chi connectivity index (χ1v) is 45.4.